The Morgan fingerprint density at radius 1 is 1.42 bits per heavy atom. The van der Waals surface area contributed by atoms with Crippen LogP contribution in [0, 0.1) is 0 Å². The van der Waals surface area contributed by atoms with Crippen molar-refractivity contribution in [2.45, 2.75) is 5.03 Å². The molecule has 2 aromatic rings. The number of H-pyrrole nitrogens is 1. The SMILES string of the molecule is O=C(O)c1cccc(Cl)c1NS(=O)(=O)c1cnc[nH]1. The summed E-state index contributed by atoms with van der Waals surface area (Å²) in [6.45, 7) is 0. The minimum absolute atomic E-state index is 0.0111. The molecule has 0 aliphatic rings. The number of sulfonamides is 1. The topological polar surface area (TPSA) is 112 Å². The van der Waals surface area contributed by atoms with Gasteiger partial charge in [-0.15, -0.1) is 0 Å². The van der Waals surface area contributed by atoms with Crippen LogP contribution in [-0.2, 0) is 10.0 Å². The van der Waals surface area contributed by atoms with Crippen molar-refractivity contribution < 1.29 is 18.3 Å². The van der Waals surface area contributed by atoms with Crippen molar-refractivity contribution in [2.75, 3.05) is 4.72 Å². The van der Waals surface area contributed by atoms with Crippen molar-refractivity contribution in [3.8, 4) is 0 Å². The molecular weight excluding hydrogens is 294 g/mol. The lowest BCUT2D eigenvalue weighted by Gasteiger charge is -2.10. The summed E-state index contributed by atoms with van der Waals surface area (Å²) in [4.78, 5) is 17.0. The second-order valence-corrected chi connectivity index (χ2v) is 5.55. The maximum absolute atomic E-state index is 12.0. The molecule has 0 radical (unpaired) electrons. The van der Waals surface area contributed by atoms with Gasteiger partial charge in [0.2, 0.25) is 0 Å². The molecule has 0 aliphatic heterocycles. The molecule has 7 nitrogen and oxygen atoms in total. The van der Waals surface area contributed by atoms with Gasteiger partial charge >= 0.3 is 5.97 Å². The molecule has 0 amide bonds. The van der Waals surface area contributed by atoms with E-state index in [1.165, 1.54) is 24.5 Å². The van der Waals surface area contributed by atoms with Crippen LogP contribution in [0.15, 0.2) is 35.7 Å². The number of hydrogen-bond acceptors (Lipinski definition) is 4. The van der Waals surface area contributed by atoms with Gasteiger partial charge in [0.05, 0.1) is 28.8 Å². The zero-order chi connectivity index (χ0) is 14.0. The zero-order valence-electron chi connectivity index (χ0n) is 9.29. The fourth-order valence-corrected chi connectivity index (χ4v) is 2.67. The van der Waals surface area contributed by atoms with Gasteiger partial charge < -0.3 is 10.1 Å². The van der Waals surface area contributed by atoms with Crippen molar-refractivity contribution in [1.82, 2.24) is 9.97 Å². The van der Waals surface area contributed by atoms with E-state index < -0.39 is 16.0 Å². The van der Waals surface area contributed by atoms with Crippen LogP contribution in [0.2, 0.25) is 5.02 Å². The Morgan fingerprint density at radius 3 is 2.74 bits per heavy atom. The van der Waals surface area contributed by atoms with Gasteiger partial charge in [-0.1, -0.05) is 17.7 Å². The van der Waals surface area contributed by atoms with Crippen LogP contribution in [0.4, 0.5) is 5.69 Å². The summed E-state index contributed by atoms with van der Waals surface area (Å²) in [5, 5.41) is 8.80. The number of hydrogen-bond donors (Lipinski definition) is 3. The third kappa shape index (κ3) is 2.69. The van der Waals surface area contributed by atoms with E-state index in [0.717, 1.165) is 6.20 Å². The molecule has 1 aromatic carbocycles. The largest absolute Gasteiger partial charge is 0.478 e. The fourth-order valence-electron chi connectivity index (χ4n) is 1.39. The predicted octanol–water partition coefficient (Wildman–Crippen LogP) is 1.56. The molecule has 0 saturated heterocycles. The number of benzene rings is 1. The molecule has 0 atom stereocenters. The van der Waals surface area contributed by atoms with Crippen LogP contribution in [0.3, 0.4) is 0 Å². The lowest BCUT2D eigenvalue weighted by Crippen LogP contribution is -2.16. The Labute approximate surface area is 113 Å². The van der Waals surface area contributed by atoms with Crippen molar-refractivity contribution >= 4 is 33.3 Å². The Balaban J connectivity index is 2.48. The average Bonchev–Trinajstić information content (AvgIpc) is 2.85. The molecule has 0 fully saturated rings. The Hall–Kier alpha value is -2.06. The number of nitrogens with one attached hydrogen (secondary N) is 2. The number of rotatable bonds is 4. The van der Waals surface area contributed by atoms with E-state index in [4.69, 9.17) is 16.7 Å². The number of anilines is 1. The van der Waals surface area contributed by atoms with Gasteiger partial charge in [-0.2, -0.15) is 8.42 Å². The molecule has 100 valence electrons. The quantitative estimate of drug-likeness (QED) is 0.793. The normalized spacial score (nSPS) is 11.2. The van der Waals surface area contributed by atoms with Gasteiger partial charge in [0.1, 0.15) is 0 Å². The molecule has 19 heavy (non-hydrogen) atoms. The summed E-state index contributed by atoms with van der Waals surface area (Å²) >= 11 is 5.82. The Bertz CT molecular complexity index is 712. The van der Waals surface area contributed by atoms with E-state index in [9.17, 15) is 13.2 Å². The minimum atomic E-state index is -3.96. The minimum Gasteiger partial charge on any atom is -0.478 e. The van der Waals surface area contributed by atoms with E-state index in [1.807, 2.05) is 0 Å². The number of nitrogens with zero attached hydrogens (tertiary/aromatic N) is 1. The number of halogens is 1. The van der Waals surface area contributed by atoms with Crippen LogP contribution in [0.5, 0.6) is 0 Å². The van der Waals surface area contributed by atoms with E-state index in [0.29, 0.717) is 0 Å². The lowest BCUT2D eigenvalue weighted by molar-refractivity contribution is 0.0698. The Kier molecular flexibility index (Phi) is 3.45. The van der Waals surface area contributed by atoms with Crippen LogP contribution in [0.25, 0.3) is 0 Å². The summed E-state index contributed by atoms with van der Waals surface area (Å²) in [5.74, 6) is -1.29. The summed E-state index contributed by atoms with van der Waals surface area (Å²) in [5.41, 5.74) is -0.429. The van der Waals surface area contributed by atoms with E-state index in [1.54, 1.807) is 0 Å². The third-order valence-corrected chi connectivity index (χ3v) is 3.83. The van der Waals surface area contributed by atoms with Gasteiger partial charge in [0.15, 0.2) is 5.03 Å². The molecule has 0 bridgehead atoms. The highest BCUT2D eigenvalue weighted by molar-refractivity contribution is 7.92. The van der Waals surface area contributed by atoms with Crippen molar-refractivity contribution in [3.05, 3.63) is 41.3 Å². The molecule has 0 spiro atoms. The van der Waals surface area contributed by atoms with Crippen molar-refractivity contribution in [2.24, 2.45) is 0 Å². The van der Waals surface area contributed by atoms with Crippen LogP contribution in [0.1, 0.15) is 10.4 Å². The van der Waals surface area contributed by atoms with E-state index in [-0.39, 0.29) is 21.3 Å². The number of carboxylic acid groups (broad SMARTS) is 1. The number of para-hydroxylation sites is 1. The van der Waals surface area contributed by atoms with E-state index in [2.05, 4.69) is 14.7 Å². The van der Waals surface area contributed by atoms with Crippen molar-refractivity contribution in [1.29, 1.82) is 0 Å². The number of carboxylic acids is 1. The predicted molar refractivity (Wildman–Crippen MR) is 67.8 cm³/mol. The molecule has 1 aromatic heterocycles. The number of aromatic nitrogens is 2. The number of aromatic amines is 1. The van der Waals surface area contributed by atoms with Crippen LogP contribution >= 0.6 is 11.6 Å². The maximum Gasteiger partial charge on any atom is 0.337 e. The monoisotopic (exact) mass is 301 g/mol. The zero-order valence-corrected chi connectivity index (χ0v) is 10.9. The maximum atomic E-state index is 12.0. The summed E-state index contributed by atoms with van der Waals surface area (Å²) in [6, 6.07) is 4.05. The van der Waals surface area contributed by atoms with Gasteiger partial charge in [-0.3, -0.25) is 4.72 Å². The van der Waals surface area contributed by atoms with Gasteiger partial charge in [-0.05, 0) is 12.1 Å². The van der Waals surface area contributed by atoms with Crippen LogP contribution in [-0.4, -0.2) is 29.5 Å². The highest BCUT2D eigenvalue weighted by atomic mass is 35.5. The molecule has 2 rings (SSSR count). The number of imidazole rings is 1. The average molecular weight is 302 g/mol. The summed E-state index contributed by atoms with van der Waals surface area (Å²) < 4.78 is 26.0. The highest BCUT2D eigenvalue weighted by Gasteiger charge is 2.21. The standard InChI is InChI=1S/C10H8ClN3O4S/c11-7-3-1-2-6(10(15)16)9(7)14-19(17,18)8-4-12-5-13-8/h1-5,14H,(H,12,13)(H,15,16). The number of carbonyl (C=O) groups is 1. The molecule has 9 heteroatoms. The smallest absolute Gasteiger partial charge is 0.337 e. The van der Waals surface area contributed by atoms with Gasteiger partial charge in [0, 0.05) is 0 Å². The second kappa shape index (κ2) is 4.90. The van der Waals surface area contributed by atoms with Crippen LogP contribution < -0.4 is 4.72 Å². The number of aromatic carboxylic acids is 1. The first-order chi connectivity index (χ1) is 8.92. The second-order valence-electron chi connectivity index (χ2n) is 3.49. The Morgan fingerprint density at radius 2 is 2.16 bits per heavy atom. The molecule has 3 N–H and O–H groups in total. The first-order valence-electron chi connectivity index (χ1n) is 4.95. The first kappa shape index (κ1) is 13.4. The molecule has 0 saturated carbocycles. The molecule has 1 heterocycles. The highest BCUT2D eigenvalue weighted by Crippen LogP contribution is 2.28. The first-order valence-corrected chi connectivity index (χ1v) is 6.81. The van der Waals surface area contributed by atoms with E-state index >= 15 is 0 Å². The van der Waals surface area contributed by atoms with Gasteiger partial charge in [0.25, 0.3) is 10.0 Å². The molecular formula is C10H8ClN3O4S. The summed E-state index contributed by atoms with van der Waals surface area (Å²) in [7, 11) is -3.96. The fraction of sp³-hybridized carbons (Fsp3) is 0. The summed E-state index contributed by atoms with van der Waals surface area (Å²) in [6.07, 6.45) is 2.29. The van der Waals surface area contributed by atoms with Crippen molar-refractivity contribution in [3.63, 3.8) is 0 Å². The molecule has 0 aliphatic carbocycles. The third-order valence-electron chi connectivity index (χ3n) is 2.24. The molecule has 0 unspecified atom stereocenters. The lowest BCUT2D eigenvalue weighted by atomic mass is 10.2. The van der Waals surface area contributed by atoms with Gasteiger partial charge in [-0.25, -0.2) is 9.78 Å².